The minimum Gasteiger partial charge on any atom is -0.506 e. The van der Waals surface area contributed by atoms with Crippen LogP contribution in [0.25, 0.3) is 0 Å². The third kappa shape index (κ3) is 3.22. The zero-order valence-corrected chi connectivity index (χ0v) is 8.14. The van der Waals surface area contributed by atoms with E-state index >= 15 is 0 Å². The van der Waals surface area contributed by atoms with Crippen molar-refractivity contribution >= 4 is 11.6 Å². The average molecular weight is 202 g/mol. The SMILES string of the molecule is CCONCc1ccc(O)c(Cl)c1. The van der Waals surface area contributed by atoms with Gasteiger partial charge in [-0.15, -0.1) is 0 Å². The van der Waals surface area contributed by atoms with E-state index in [9.17, 15) is 0 Å². The zero-order valence-electron chi connectivity index (χ0n) is 7.38. The molecule has 1 rings (SSSR count). The van der Waals surface area contributed by atoms with Crippen LogP contribution in [-0.2, 0) is 11.4 Å². The summed E-state index contributed by atoms with van der Waals surface area (Å²) in [7, 11) is 0. The summed E-state index contributed by atoms with van der Waals surface area (Å²) in [6.45, 7) is 3.09. The number of halogens is 1. The van der Waals surface area contributed by atoms with Gasteiger partial charge in [-0.3, -0.25) is 0 Å². The maximum atomic E-state index is 9.13. The second-order valence-corrected chi connectivity index (χ2v) is 2.95. The predicted octanol–water partition coefficient (Wildman–Crippen LogP) is 2.09. The minimum atomic E-state index is 0.0989. The van der Waals surface area contributed by atoms with Crippen LogP contribution in [0.2, 0.25) is 5.02 Å². The Morgan fingerprint density at radius 1 is 1.54 bits per heavy atom. The Morgan fingerprint density at radius 2 is 2.31 bits per heavy atom. The number of hydroxylamine groups is 1. The molecule has 0 unspecified atom stereocenters. The first-order valence-corrected chi connectivity index (χ1v) is 4.44. The Morgan fingerprint density at radius 3 is 2.92 bits per heavy atom. The average Bonchev–Trinajstić information content (AvgIpc) is 2.12. The zero-order chi connectivity index (χ0) is 9.68. The normalized spacial score (nSPS) is 10.3. The van der Waals surface area contributed by atoms with Crippen LogP contribution in [0, 0.1) is 0 Å². The van der Waals surface area contributed by atoms with E-state index in [1.165, 1.54) is 0 Å². The third-order valence-electron chi connectivity index (χ3n) is 1.53. The largest absolute Gasteiger partial charge is 0.506 e. The highest BCUT2D eigenvalue weighted by molar-refractivity contribution is 6.32. The lowest BCUT2D eigenvalue weighted by Gasteiger charge is -2.04. The molecule has 13 heavy (non-hydrogen) atoms. The van der Waals surface area contributed by atoms with Gasteiger partial charge in [-0.05, 0) is 24.6 Å². The Bertz CT molecular complexity index is 278. The smallest absolute Gasteiger partial charge is 0.134 e. The van der Waals surface area contributed by atoms with Crippen LogP contribution in [0.5, 0.6) is 5.75 Å². The summed E-state index contributed by atoms with van der Waals surface area (Å²) in [6, 6.07) is 5.04. The van der Waals surface area contributed by atoms with Crippen molar-refractivity contribution in [3.63, 3.8) is 0 Å². The van der Waals surface area contributed by atoms with E-state index < -0.39 is 0 Å². The molecule has 0 aliphatic carbocycles. The molecule has 0 heterocycles. The van der Waals surface area contributed by atoms with Crippen molar-refractivity contribution in [3.05, 3.63) is 28.8 Å². The van der Waals surface area contributed by atoms with Gasteiger partial charge in [0.2, 0.25) is 0 Å². The monoisotopic (exact) mass is 201 g/mol. The van der Waals surface area contributed by atoms with Gasteiger partial charge in [0.1, 0.15) is 5.75 Å². The summed E-state index contributed by atoms with van der Waals surface area (Å²) >= 11 is 5.71. The van der Waals surface area contributed by atoms with Crippen LogP contribution in [0.4, 0.5) is 0 Å². The van der Waals surface area contributed by atoms with E-state index in [1.54, 1.807) is 18.2 Å². The first kappa shape index (κ1) is 10.3. The van der Waals surface area contributed by atoms with Crippen molar-refractivity contribution in [2.75, 3.05) is 6.61 Å². The molecular weight excluding hydrogens is 190 g/mol. The molecule has 0 saturated carbocycles. The molecule has 1 aromatic rings. The Kier molecular flexibility index (Phi) is 4.02. The molecule has 0 spiro atoms. The summed E-state index contributed by atoms with van der Waals surface area (Å²) in [4.78, 5) is 4.95. The molecule has 0 fully saturated rings. The standard InChI is InChI=1S/C9H12ClNO2/c1-2-13-11-6-7-3-4-9(12)8(10)5-7/h3-5,11-12H,2,6H2,1H3. The molecule has 4 heteroatoms. The number of aromatic hydroxyl groups is 1. The fourth-order valence-electron chi connectivity index (χ4n) is 0.897. The van der Waals surface area contributed by atoms with Crippen molar-refractivity contribution in [2.24, 2.45) is 0 Å². The van der Waals surface area contributed by atoms with E-state index in [4.69, 9.17) is 21.5 Å². The molecule has 0 bridgehead atoms. The molecule has 2 N–H and O–H groups in total. The Hall–Kier alpha value is -0.770. The highest BCUT2D eigenvalue weighted by Gasteiger charge is 1.98. The summed E-state index contributed by atoms with van der Waals surface area (Å²) in [5.41, 5.74) is 3.73. The van der Waals surface area contributed by atoms with Gasteiger partial charge in [0, 0.05) is 6.54 Å². The number of benzene rings is 1. The van der Waals surface area contributed by atoms with Crippen LogP contribution in [0.1, 0.15) is 12.5 Å². The van der Waals surface area contributed by atoms with E-state index in [-0.39, 0.29) is 5.75 Å². The molecule has 0 aliphatic rings. The minimum absolute atomic E-state index is 0.0989. The van der Waals surface area contributed by atoms with Crippen molar-refractivity contribution in [3.8, 4) is 5.75 Å². The van der Waals surface area contributed by atoms with Crippen molar-refractivity contribution < 1.29 is 9.94 Å². The van der Waals surface area contributed by atoms with Gasteiger partial charge < -0.3 is 9.94 Å². The van der Waals surface area contributed by atoms with Gasteiger partial charge in [-0.25, -0.2) is 0 Å². The fourth-order valence-corrected chi connectivity index (χ4v) is 1.10. The number of hydrogen-bond acceptors (Lipinski definition) is 3. The molecular formula is C9H12ClNO2. The number of nitrogens with one attached hydrogen (secondary N) is 1. The van der Waals surface area contributed by atoms with Crippen LogP contribution in [-0.4, -0.2) is 11.7 Å². The highest BCUT2D eigenvalue weighted by atomic mass is 35.5. The first-order valence-electron chi connectivity index (χ1n) is 4.06. The molecule has 0 aliphatic heterocycles. The van der Waals surface area contributed by atoms with Gasteiger partial charge in [0.15, 0.2) is 0 Å². The number of rotatable bonds is 4. The highest BCUT2D eigenvalue weighted by Crippen LogP contribution is 2.23. The van der Waals surface area contributed by atoms with Crippen molar-refractivity contribution in [1.82, 2.24) is 5.48 Å². The Balaban J connectivity index is 2.53. The summed E-state index contributed by atoms with van der Waals surface area (Å²) in [6.07, 6.45) is 0. The van der Waals surface area contributed by atoms with E-state index in [0.717, 1.165) is 5.56 Å². The second kappa shape index (κ2) is 5.07. The molecule has 0 atom stereocenters. The van der Waals surface area contributed by atoms with Gasteiger partial charge in [-0.1, -0.05) is 17.7 Å². The lowest BCUT2D eigenvalue weighted by Crippen LogP contribution is -2.13. The molecule has 1 aromatic carbocycles. The van der Waals surface area contributed by atoms with Crippen LogP contribution in [0.3, 0.4) is 0 Å². The third-order valence-corrected chi connectivity index (χ3v) is 1.84. The van der Waals surface area contributed by atoms with E-state index in [1.807, 2.05) is 6.92 Å². The van der Waals surface area contributed by atoms with Crippen molar-refractivity contribution in [1.29, 1.82) is 0 Å². The predicted molar refractivity (Wildman–Crippen MR) is 51.6 cm³/mol. The molecule has 72 valence electrons. The molecule has 0 amide bonds. The van der Waals surface area contributed by atoms with E-state index in [0.29, 0.717) is 18.2 Å². The van der Waals surface area contributed by atoms with Crippen LogP contribution >= 0.6 is 11.6 Å². The number of hydrogen-bond donors (Lipinski definition) is 2. The Labute approximate surface area is 82.2 Å². The summed E-state index contributed by atoms with van der Waals surface area (Å²) in [5.74, 6) is 0.0989. The summed E-state index contributed by atoms with van der Waals surface area (Å²) in [5, 5.41) is 9.49. The lowest BCUT2D eigenvalue weighted by atomic mass is 10.2. The maximum Gasteiger partial charge on any atom is 0.134 e. The van der Waals surface area contributed by atoms with Gasteiger partial charge in [-0.2, -0.15) is 5.48 Å². The van der Waals surface area contributed by atoms with Crippen LogP contribution < -0.4 is 5.48 Å². The van der Waals surface area contributed by atoms with Gasteiger partial charge >= 0.3 is 0 Å². The first-order chi connectivity index (χ1) is 6.24. The van der Waals surface area contributed by atoms with E-state index in [2.05, 4.69) is 5.48 Å². The van der Waals surface area contributed by atoms with Crippen molar-refractivity contribution in [2.45, 2.75) is 13.5 Å². The second-order valence-electron chi connectivity index (χ2n) is 2.54. The van der Waals surface area contributed by atoms with Gasteiger partial charge in [0.05, 0.1) is 11.6 Å². The quantitative estimate of drug-likeness (QED) is 0.579. The van der Waals surface area contributed by atoms with Gasteiger partial charge in [0.25, 0.3) is 0 Å². The molecule has 0 radical (unpaired) electrons. The molecule has 3 nitrogen and oxygen atoms in total. The fraction of sp³-hybridized carbons (Fsp3) is 0.333. The number of phenolic OH excluding ortho intramolecular Hbond substituents is 1. The van der Waals surface area contributed by atoms with Crippen LogP contribution in [0.15, 0.2) is 18.2 Å². The summed E-state index contributed by atoms with van der Waals surface area (Å²) < 4.78 is 0. The maximum absolute atomic E-state index is 9.13. The molecule has 0 saturated heterocycles. The molecule has 0 aromatic heterocycles. The number of phenols is 1. The lowest BCUT2D eigenvalue weighted by molar-refractivity contribution is 0.0463. The topological polar surface area (TPSA) is 41.5 Å².